The Morgan fingerprint density at radius 1 is 0.967 bits per heavy atom. The van der Waals surface area contributed by atoms with E-state index in [1.54, 1.807) is 6.07 Å². The Balaban J connectivity index is 0.00000256. The summed E-state index contributed by atoms with van der Waals surface area (Å²) in [6.45, 7) is 3.15. The zero-order chi connectivity index (χ0) is 20.2. The molecule has 2 heterocycles. The summed E-state index contributed by atoms with van der Waals surface area (Å²) in [5.74, 6) is -0.235. The first-order valence-corrected chi connectivity index (χ1v) is 10.2. The average molecular weight is 432 g/mol. The highest BCUT2D eigenvalue weighted by molar-refractivity contribution is 5.94. The van der Waals surface area contributed by atoms with Gasteiger partial charge in [-0.2, -0.15) is 0 Å². The molecule has 0 bridgehead atoms. The van der Waals surface area contributed by atoms with Gasteiger partial charge in [0.1, 0.15) is 5.82 Å². The second-order valence-corrected chi connectivity index (χ2v) is 7.74. The predicted molar refractivity (Wildman–Crippen MR) is 116 cm³/mol. The van der Waals surface area contributed by atoms with Gasteiger partial charge in [-0.1, -0.05) is 30.3 Å². The van der Waals surface area contributed by atoms with Gasteiger partial charge >= 0.3 is 0 Å². The molecule has 0 spiro atoms. The smallest absolute Gasteiger partial charge is 0.253 e. The van der Waals surface area contributed by atoms with Gasteiger partial charge in [0.05, 0.1) is 6.04 Å². The first kappa shape index (κ1) is 22.2. The van der Waals surface area contributed by atoms with Crippen LogP contribution in [0.3, 0.4) is 0 Å². The SMILES string of the molecule is Cl.O=C(c1ccccc1)N1CCC(C(=O)N2CCNCC2c2cccc(F)c2)CC1. The number of piperidine rings is 1. The molecule has 0 aliphatic carbocycles. The van der Waals surface area contributed by atoms with Gasteiger partial charge in [0.15, 0.2) is 0 Å². The van der Waals surface area contributed by atoms with Crippen LogP contribution in [-0.2, 0) is 4.79 Å². The molecule has 160 valence electrons. The molecule has 2 amide bonds. The van der Waals surface area contributed by atoms with Gasteiger partial charge in [0.25, 0.3) is 5.91 Å². The highest BCUT2D eigenvalue weighted by atomic mass is 35.5. The van der Waals surface area contributed by atoms with E-state index in [4.69, 9.17) is 0 Å². The number of hydrogen-bond acceptors (Lipinski definition) is 3. The normalized spacial score (nSPS) is 19.8. The van der Waals surface area contributed by atoms with E-state index < -0.39 is 0 Å². The molecular formula is C23H27ClFN3O2. The fourth-order valence-electron chi connectivity index (χ4n) is 4.31. The minimum atomic E-state index is -0.284. The van der Waals surface area contributed by atoms with E-state index in [2.05, 4.69) is 5.32 Å². The molecule has 0 radical (unpaired) electrons. The van der Waals surface area contributed by atoms with E-state index in [1.165, 1.54) is 12.1 Å². The lowest BCUT2D eigenvalue weighted by atomic mass is 9.92. The van der Waals surface area contributed by atoms with Crippen LogP contribution in [0.2, 0.25) is 0 Å². The van der Waals surface area contributed by atoms with Crippen molar-refractivity contribution >= 4 is 24.2 Å². The van der Waals surface area contributed by atoms with Crippen molar-refractivity contribution in [3.05, 3.63) is 71.5 Å². The van der Waals surface area contributed by atoms with Crippen molar-refractivity contribution in [1.29, 1.82) is 0 Å². The molecule has 1 atom stereocenters. The van der Waals surface area contributed by atoms with Crippen molar-refractivity contribution in [3.63, 3.8) is 0 Å². The lowest BCUT2D eigenvalue weighted by Gasteiger charge is -2.40. The third-order valence-electron chi connectivity index (χ3n) is 5.91. The molecular weight excluding hydrogens is 405 g/mol. The number of nitrogens with zero attached hydrogens (tertiary/aromatic N) is 2. The summed E-state index contributed by atoms with van der Waals surface area (Å²) in [5.41, 5.74) is 1.51. The Morgan fingerprint density at radius 3 is 2.40 bits per heavy atom. The van der Waals surface area contributed by atoms with Crippen molar-refractivity contribution in [2.45, 2.75) is 18.9 Å². The van der Waals surface area contributed by atoms with Gasteiger partial charge in [0, 0.05) is 44.2 Å². The van der Waals surface area contributed by atoms with Crippen molar-refractivity contribution in [2.75, 3.05) is 32.7 Å². The molecule has 7 heteroatoms. The Morgan fingerprint density at radius 2 is 1.70 bits per heavy atom. The third-order valence-corrected chi connectivity index (χ3v) is 5.91. The van der Waals surface area contributed by atoms with E-state index in [-0.39, 0.29) is 42.0 Å². The second kappa shape index (κ2) is 10.0. The van der Waals surface area contributed by atoms with E-state index in [9.17, 15) is 14.0 Å². The van der Waals surface area contributed by atoms with Crippen LogP contribution in [0.15, 0.2) is 54.6 Å². The van der Waals surface area contributed by atoms with Crippen molar-refractivity contribution in [3.8, 4) is 0 Å². The molecule has 1 N–H and O–H groups in total. The molecule has 4 rings (SSSR count). The Bertz CT molecular complexity index is 872. The predicted octanol–water partition coefficient (Wildman–Crippen LogP) is 3.27. The summed E-state index contributed by atoms with van der Waals surface area (Å²) in [5, 5.41) is 3.31. The van der Waals surface area contributed by atoms with E-state index in [0.29, 0.717) is 44.6 Å². The maximum atomic E-state index is 13.7. The van der Waals surface area contributed by atoms with Crippen LogP contribution in [0.5, 0.6) is 0 Å². The number of benzene rings is 2. The third kappa shape index (κ3) is 4.82. The molecule has 2 aromatic rings. The maximum absolute atomic E-state index is 13.7. The van der Waals surface area contributed by atoms with Gasteiger partial charge in [-0.3, -0.25) is 9.59 Å². The number of carbonyl (C=O) groups excluding carboxylic acids is 2. The Labute approximate surface area is 182 Å². The van der Waals surface area contributed by atoms with E-state index in [1.807, 2.05) is 46.2 Å². The summed E-state index contributed by atoms with van der Waals surface area (Å²) >= 11 is 0. The molecule has 0 aromatic heterocycles. The number of hydrogen-bond donors (Lipinski definition) is 1. The fraction of sp³-hybridized carbons (Fsp3) is 0.391. The first-order chi connectivity index (χ1) is 14.1. The van der Waals surface area contributed by atoms with Crippen LogP contribution < -0.4 is 5.32 Å². The van der Waals surface area contributed by atoms with Gasteiger partial charge in [-0.15, -0.1) is 12.4 Å². The standard InChI is InChI=1S/C23H26FN3O2.ClH/c24-20-8-4-7-19(15-20)21-16-25-11-14-27(21)23(29)18-9-12-26(13-10-18)22(28)17-5-2-1-3-6-17;/h1-8,15,18,21,25H,9-14,16H2;1H. The summed E-state index contributed by atoms with van der Waals surface area (Å²) in [6, 6.07) is 15.6. The molecule has 0 saturated carbocycles. The summed E-state index contributed by atoms with van der Waals surface area (Å²) in [7, 11) is 0. The molecule has 2 fully saturated rings. The zero-order valence-corrected chi connectivity index (χ0v) is 17.6. The summed E-state index contributed by atoms with van der Waals surface area (Å²) in [6.07, 6.45) is 1.33. The Kier molecular flexibility index (Phi) is 7.45. The second-order valence-electron chi connectivity index (χ2n) is 7.74. The molecule has 30 heavy (non-hydrogen) atoms. The van der Waals surface area contributed by atoms with Crippen LogP contribution in [0.4, 0.5) is 4.39 Å². The maximum Gasteiger partial charge on any atom is 0.253 e. The van der Waals surface area contributed by atoms with Gasteiger partial charge in [-0.05, 0) is 42.7 Å². The molecule has 2 aliphatic rings. The van der Waals surface area contributed by atoms with Gasteiger partial charge in [0.2, 0.25) is 5.91 Å². The lowest BCUT2D eigenvalue weighted by molar-refractivity contribution is -0.140. The first-order valence-electron chi connectivity index (χ1n) is 10.2. The monoisotopic (exact) mass is 431 g/mol. The highest BCUT2D eigenvalue weighted by Gasteiger charge is 2.35. The van der Waals surface area contributed by atoms with Crippen LogP contribution in [-0.4, -0.2) is 54.3 Å². The fourth-order valence-corrected chi connectivity index (χ4v) is 4.31. The van der Waals surface area contributed by atoms with Crippen molar-refractivity contribution in [2.24, 2.45) is 5.92 Å². The highest BCUT2D eigenvalue weighted by Crippen LogP contribution is 2.28. The Hall–Kier alpha value is -2.44. The van der Waals surface area contributed by atoms with Gasteiger partial charge in [-0.25, -0.2) is 4.39 Å². The number of piperazine rings is 1. The van der Waals surface area contributed by atoms with Crippen LogP contribution >= 0.6 is 12.4 Å². The molecule has 5 nitrogen and oxygen atoms in total. The van der Waals surface area contributed by atoms with Crippen LogP contribution in [0.1, 0.15) is 34.8 Å². The number of carbonyl (C=O) groups is 2. The minimum Gasteiger partial charge on any atom is -0.339 e. The molecule has 2 aliphatic heterocycles. The van der Waals surface area contributed by atoms with Gasteiger partial charge < -0.3 is 15.1 Å². The molecule has 2 aromatic carbocycles. The van der Waals surface area contributed by atoms with Crippen molar-refractivity contribution in [1.82, 2.24) is 15.1 Å². The topological polar surface area (TPSA) is 52.7 Å². The van der Waals surface area contributed by atoms with Crippen molar-refractivity contribution < 1.29 is 14.0 Å². The van der Waals surface area contributed by atoms with E-state index in [0.717, 1.165) is 12.1 Å². The summed E-state index contributed by atoms with van der Waals surface area (Å²) < 4.78 is 13.7. The lowest BCUT2D eigenvalue weighted by Crippen LogP contribution is -2.52. The quantitative estimate of drug-likeness (QED) is 0.811. The zero-order valence-electron chi connectivity index (χ0n) is 16.8. The largest absolute Gasteiger partial charge is 0.339 e. The molecule has 1 unspecified atom stereocenters. The number of halogens is 2. The van der Waals surface area contributed by atoms with Crippen LogP contribution in [0, 0.1) is 11.7 Å². The average Bonchev–Trinajstić information content (AvgIpc) is 2.79. The minimum absolute atomic E-state index is 0. The van der Waals surface area contributed by atoms with Crippen LogP contribution in [0.25, 0.3) is 0 Å². The molecule has 2 saturated heterocycles. The number of amides is 2. The number of rotatable bonds is 3. The number of nitrogens with one attached hydrogen (secondary N) is 1. The number of likely N-dealkylation sites (tertiary alicyclic amines) is 1. The van der Waals surface area contributed by atoms with E-state index >= 15 is 0 Å². The summed E-state index contributed by atoms with van der Waals surface area (Å²) in [4.78, 5) is 29.6.